The molecule has 7 nitrogen and oxygen atoms in total. The Morgan fingerprint density at radius 3 is 2.84 bits per heavy atom. The number of ether oxygens (including phenoxy) is 2. The number of nitrogens with zero attached hydrogens (tertiary/aromatic N) is 4. The molecule has 2 aromatic rings. The summed E-state index contributed by atoms with van der Waals surface area (Å²) in [4.78, 5) is 6.56. The van der Waals surface area contributed by atoms with Crippen molar-refractivity contribution in [3.8, 4) is 23.2 Å². The van der Waals surface area contributed by atoms with Gasteiger partial charge in [0.2, 0.25) is 0 Å². The standard InChI is InChI=1S/C18H21N5O2/c19-10-15-16(25-13-6-9-24-11-13)5-4-14(18-20-12-21-22-18)17(15)23-7-2-1-3-8-23/h4-5,12-13H,1-3,6-9,11H2,(H,20,21,22). The Morgan fingerprint density at radius 2 is 2.16 bits per heavy atom. The molecule has 130 valence electrons. The first-order chi connectivity index (χ1) is 12.4. The molecule has 2 fully saturated rings. The van der Waals surface area contributed by atoms with Crippen molar-refractivity contribution in [1.82, 2.24) is 15.2 Å². The van der Waals surface area contributed by atoms with Crippen molar-refractivity contribution < 1.29 is 9.47 Å². The number of rotatable bonds is 4. The number of H-pyrrole nitrogens is 1. The van der Waals surface area contributed by atoms with E-state index in [9.17, 15) is 5.26 Å². The summed E-state index contributed by atoms with van der Waals surface area (Å²) in [5, 5.41) is 16.9. The SMILES string of the molecule is N#Cc1c(OC2CCOC2)ccc(-c2nc[nH]n2)c1N1CCCCC1. The lowest BCUT2D eigenvalue weighted by Gasteiger charge is -2.31. The molecule has 3 heterocycles. The molecule has 1 aromatic heterocycles. The molecule has 2 aliphatic heterocycles. The van der Waals surface area contributed by atoms with Crippen LogP contribution in [0.5, 0.6) is 5.75 Å². The predicted molar refractivity (Wildman–Crippen MR) is 92.4 cm³/mol. The van der Waals surface area contributed by atoms with Gasteiger partial charge in [0.1, 0.15) is 29.8 Å². The highest BCUT2D eigenvalue weighted by Gasteiger charge is 2.26. The van der Waals surface area contributed by atoms with E-state index in [0.29, 0.717) is 30.4 Å². The molecule has 1 unspecified atom stereocenters. The van der Waals surface area contributed by atoms with Gasteiger partial charge in [-0.1, -0.05) is 0 Å². The lowest BCUT2D eigenvalue weighted by molar-refractivity contribution is 0.141. The molecule has 0 amide bonds. The smallest absolute Gasteiger partial charge is 0.182 e. The van der Waals surface area contributed by atoms with Crippen LogP contribution in [0.4, 0.5) is 5.69 Å². The average Bonchev–Trinajstić information content (AvgIpc) is 3.36. The highest BCUT2D eigenvalue weighted by molar-refractivity contribution is 5.82. The molecule has 0 spiro atoms. The van der Waals surface area contributed by atoms with Crippen molar-refractivity contribution in [3.63, 3.8) is 0 Å². The van der Waals surface area contributed by atoms with Gasteiger partial charge < -0.3 is 14.4 Å². The number of piperidine rings is 1. The van der Waals surface area contributed by atoms with E-state index in [0.717, 1.165) is 43.6 Å². The predicted octanol–water partition coefficient (Wildman–Crippen LogP) is 2.50. The second-order valence-corrected chi connectivity index (χ2v) is 6.42. The Kier molecular flexibility index (Phi) is 4.53. The minimum absolute atomic E-state index is 0.00987. The minimum atomic E-state index is 0.00987. The lowest BCUT2D eigenvalue weighted by Crippen LogP contribution is -2.31. The third-order valence-corrected chi connectivity index (χ3v) is 4.76. The van der Waals surface area contributed by atoms with Crippen LogP contribution < -0.4 is 9.64 Å². The maximum Gasteiger partial charge on any atom is 0.182 e. The van der Waals surface area contributed by atoms with E-state index in [1.54, 1.807) is 6.33 Å². The van der Waals surface area contributed by atoms with E-state index in [4.69, 9.17) is 9.47 Å². The molecule has 25 heavy (non-hydrogen) atoms. The fourth-order valence-corrected chi connectivity index (χ4v) is 3.53. The highest BCUT2D eigenvalue weighted by Crippen LogP contribution is 2.39. The van der Waals surface area contributed by atoms with Crippen molar-refractivity contribution in [3.05, 3.63) is 24.0 Å². The third kappa shape index (κ3) is 3.17. The van der Waals surface area contributed by atoms with Gasteiger partial charge in [0, 0.05) is 25.1 Å². The van der Waals surface area contributed by atoms with Gasteiger partial charge in [0.15, 0.2) is 5.82 Å². The van der Waals surface area contributed by atoms with Crippen LogP contribution in [0, 0.1) is 11.3 Å². The molecule has 0 radical (unpaired) electrons. The number of hydrogen-bond donors (Lipinski definition) is 1. The van der Waals surface area contributed by atoms with Gasteiger partial charge in [-0.05, 0) is 31.4 Å². The summed E-state index contributed by atoms with van der Waals surface area (Å²) in [6.45, 7) is 3.15. The minimum Gasteiger partial charge on any atom is -0.486 e. The summed E-state index contributed by atoms with van der Waals surface area (Å²) in [5.74, 6) is 1.23. The highest BCUT2D eigenvalue weighted by atomic mass is 16.5. The fourth-order valence-electron chi connectivity index (χ4n) is 3.53. The van der Waals surface area contributed by atoms with Gasteiger partial charge in [-0.3, -0.25) is 5.10 Å². The van der Waals surface area contributed by atoms with Crippen molar-refractivity contribution in [2.24, 2.45) is 0 Å². The van der Waals surface area contributed by atoms with E-state index in [2.05, 4.69) is 26.2 Å². The second-order valence-electron chi connectivity index (χ2n) is 6.42. The van der Waals surface area contributed by atoms with Crippen molar-refractivity contribution in [2.75, 3.05) is 31.2 Å². The molecule has 4 rings (SSSR count). The summed E-state index contributed by atoms with van der Waals surface area (Å²) in [7, 11) is 0. The molecule has 2 saturated heterocycles. The van der Waals surface area contributed by atoms with Gasteiger partial charge in [-0.2, -0.15) is 10.4 Å². The average molecular weight is 339 g/mol. The molecule has 7 heteroatoms. The van der Waals surface area contributed by atoms with Crippen LogP contribution in [0.2, 0.25) is 0 Å². The molecule has 0 saturated carbocycles. The van der Waals surface area contributed by atoms with Crippen LogP contribution >= 0.6 is 0 Å². The number of aromatic amines is 1. The van der Waals surface area contributed by atoms with E-state index < -0.39 is 0 Å². The van der Waals surface area contributed by atoms with Crippen molar-refractivity contribution in [1.29, 1.82) is 5.26 Å². The number of hydrogen-bond acceptors (Lipinski definition) is 6. The van der Waals surface area contributed by atoms with Crippen LogP contribution in [0.3, 0.4) is 0 Å². The summed E-state index contributed by atoms with van der Waals surface area (Å²) >= 11 is 0. The first-order valence-electron chi connectivity index (χ1n) is 8.79. The maximum absolute atomic E-state index is 9.89. The largest absolute Gasteiger partial charge is 0.486 e. The van der Waals surface area contributed by atoms with E-state index in [-0.39, 0.29) is 6.10 Å². The topological polar surface area (TPSA) is 87.1 Å². The monoisotopic (exact) mass is 339 g/mol. The fraction of sp³-hybridized carbons (Fsp3) is 0.500. The molecule has 2 aliphatic rings. The first kappa shape index (κ1) is 15.9. The van der Waals surface area contributed by atoms with Crippen LogP contribution in [0.15, 0.2) is 18.5 Å². The summed E-state index contributed by atoms with van der Waals surface area (Å²) in [6, 6.07) is 6.18. The zero-order valence-corrected chi connectivity index (χ0v) is 14.1. The Morgan fingerprint density at radius 1 is 1.28 bits per heavy atom. The number of aromatic nitrogens is 3. The Bertz CT molecular complexity index is 757. The van der Waals surface area contributed by atoms with E-state index in [1.165, 1.54) is 6.42 Å². The molecule has 1 N–H and O–H groups in total. The summed E-state index contributed by atoms with van der Waals surface area (Å²) < 4.78 is 11.5. The summed E-state index contributed by atoms with van der Waals surface area (Å²) in [6.07, 6.45) is 5.90. The van der Waals surface area contributed by atoms with Gasteiger partial charge in [-0.25, -0.2) is 4.98 Å². The molecule has 1 atom stereocenters. The van der Waals surface area contributed by atoms with Crippen LogP contribution in [0.25, 0.3) is 11.4 Å². The van der Waals surface area contributed by atoms with Gasteiger partial charge in [0.05, 0.1) is 18.9 Å². The van der Waals surface area contributed by atoms with Crippen molar-refractivity contribution >= 4 is 5.69 Å². The molecule has 1 aromatic carbocycles. The molecule has 0 bridgehead atoms. The molecule has 0 aliphatic carbocycles. The number of benzene rings is 1. The van der Waals surface area contributed by atoms with E-state index in [1.807, 2.05) is 12.1 Å². The Labute approximate surface area is 146 Å². The molecular weight excluding hydrogens is 318 g/mol. The number of anilines is 1. The first-order valence-corrected chi connectivity index (χ1v) is 8.79. The van der Waals surface area contributed by atoms with Gasteiger partial charge in [0.25, 0.3) is 0 Å². The van der Waals surface area contributed by atoms with Gasteiger partial charge in [-0.15, -0.1) is 0 Å². The quantitative estimate of drug-likeness (QED) is 0.921. The maximum atomic E-state index is 9.89. The number of nitrogens with one attached hydrogen (secondary N) is 1. The lowest BCUT2D eigenvalue weighted by atomic mass is 10.0. The normalized spacial score (nSPS) is 20.4. The Balaban J connectivity index is 1.78. The zero-order chi connectivity index (χ0) is 17.1. The Hall–Kier alpha value is -2.59. The van der Waals surface area contributed by atoms with Crippen molar-refractivity contribution in [2.45, 2.75) is 31.8 Å². The van der Waals surface area contributed by atoms with Gasteiger partial charge >= 0.3 is 0 Å². The van der Waals surface area contributed by atoms with Crippen LogP contribution in [0.1, 0.15) is 31.2 Å². The summed E-state index contributed by atoms with van der Waals surface area (Å²) in [5.41, 5.74) is 2.32. The third-order valence-electron chi connectivity index (χ3n) is 4.76. The van der Waals surface area contributed by atoms with E-state index >= 15 is 0 Å². The second kappa shape index (κ2) is 7.11. The van der Waals surface area contributed by atoms with Crippen LogP contribution in [-0.4, -0.2) is 47.6 Å². The zero-order valence-electron chi connectivity index (χ0n) is 14.1. The number of nitriles is 1. The molecular formula is C18H21N5O2. The van der Waals surface area contributed by atoms with Crippen LogP contribution in [-0.2, 0) is 4.74 Å².